The summed E-state index contributed by atoms with van der Waals surface area (Å²) in [5, 5.41) is 19.0. The lowest BCUT2D eigenvalue weighted by Crippen LogP contribution is -1.85. The van der Waals surface area contributed by atoms with E-state index in [1.54, 1.807) is 6.42 Å². The molecular weight excluding hydrogens is 274 g/mol. The number of hydrogen-bond donors (Lipinski definition) is 4. The number of unbranched alkanes of at least 4 members (excludes halogenated alkanes) is 1. The van der Waals surface area contributed by atoms with Gasteiger partial charge in [-0.15, -0.1) is 0 Å². The molecule has 0 aromatic heterocycles. The fourth-order valence-corrected chi connectivity index (χ4v) is 1.99. The van der Waals surface area contributed by atoms with Gasteiger partial charge in [-0.3, -0.25) is 10.5 Å². The number of carbonyl (C=O) groups is 2. The van der Waals surface area contributed by atoms with E-state index in [-0.39, 0.29) is 6.15 Å². The van der Waals surface area contributed by atoms with E-state index >= 15 is 0 Å². The highest BCUT2D eigenvalue weighted by molar-refractivity contribution is 5.48. The third-order valence-electron chi connectivity index (χ3n) is 3.05. The molecule has 128 valence electrons. The van der Waals surface area contributed by atoms with Crippen LogP contribution in [0, 0.1) is 11.8 Å². The number of hydrogen-bond acceptors (Lipinski definition) is 6. The van der Waals surface area contributed by atoms with E-state index in [2.05, 4.69) is 12.2 Å². The first-order chi connectivity index (χ1) is 9.88. The third-order valence-corrected chi connectivity index (χ3v) is 3.05. The quantitative estimate of drug-likeness (QED) is 0.268. The number of carbonyl (C=O) groups excluding carboxylic acids is 2. The monoisotopic (exact) mass is 307 g/mol. The van der Waals surface area contributed by atoms with Crippen LogP contribution in [0.4, 0.5) is 0 Å². The van der Waals surface area contributed by atoms with E-state index in [0.717, 1.165) is 31.7 Å². The largest absolute Gasteiger partial charge is 0.400 e. The van der Waals surface area contributed by atoms with E-state index in [4.69, 9.17) is 20.4 Å². The van der Waals surface area contributed by atoms with Crippen molar-refractivity contribution in [2.24, 2.45) is 11.8 Å². The Morgan fingerprint density at radius 1 is 1.10 bits per heavy atom. The van der Waals surface area contributed by atoms with Crippen LogP contribution >= 0.6 is 0 Å². The molecule has 0 aromatic rings. The average molecular weight is 307 g/mol. The SMILES string of the molecule is C1=C\CC[C@H]2C[C@H]2CC/1.C=O.CCCC=O.CO.N.OO. The minimum absolute atomic E-state index is 0. The summed E-state index contributed by atoms with van der Waals surface area (Å²) < 4.78 is 0. The molecule has 21 heavy (non-hydrogen) atoms. The van der Waals surface area contributed by atoms with E-state index in [1.807, 2.05) is 13.7 Å². The molecule has 2 atom stereocenters. The van der Waals surface area contributed by atoms with Crippen molar-refractivity contribution >= 4 is 13.1 Å². The van der Waals surface area contributed by atoms with Crippen LogP contribution in [0.25, 0.3) is 0 Å². The molecular formula is C15H33NO5. The smallest absolute Gasteiger partial charge is 0.119 e. The molecule has 6 heteroatoms. The number of aliphatic hydroxyl groups excluding tert-OH is 1. The van der Waals surface area contributed by atoms with Gasteiger partial charge in [-0.2, -0.15) is 0 Å². The predicted octanol–water partition coefficient (Wildman–Crippen LogP) is 3.34. The summed E-state index contributed by atoms with van der Waals surface area (Å²) in [6.07, 6.45) is 14.5. The summed E-state index contributed by atoms with van der Waals surface area (Å²) >= 11 is 0. The zero-order chi connectivity index (χ0) is 16.2. The Labute approximate surface area is 128 Å². The highest BCUT2D eigenvalue weighted by Gasteiger charge is 2.35. The van der Waals surface area contributed by atoms with E-state index in [9.17, 15) is 4.79 Å². The van der Waals surface area contributed by atoms with Crippen molar-refractivity contribution in [3.63, 3.8) is 0 Å². The standard InChI is InChI=1S/C9H14.C4H8O.CH4O.CH2O.H3N.H2O2/c1-2-4-6-9-7-8(9)5-3-1;1-2-3-4-5;2*1-2;;1-2/h1-2,8-9H,3-7H2;4H,2-3H2,1H3;2H,1H3;1H2;1H3;1-2H/b2-1-;;;;;/t8-,9+;;;;;. The Morgan fingerprint density at radius 2 is 1.48 bits per heavy atom. The maximum atomic E-state index is 9.40. The van der Waals surface area contributed by atoms with Gasteiger partial charge in [-0.05, 0) is 50.4 Å². The van der Waals surface area contributed by atoms with Crippen LogP contribution in [-0.4, -0.2) is 35.8 Å². The summed E-state index contributed by atoms with van der Waals surface area (Å²) in [5.74, 6) is 2.27. The van der Waals surface area contributed by atoms with E-state index < -0.39 is 0 Å². The van der Waals surface area contributed by atoms with Gasteiger partial charge in [-0.25, -0.2) is 0 Å². The van der Waals surface area contributed by atoms with Crippen LogP contribution in [0.1, 0.15) is 51.9 Å². The van der Waals surface area contributed by atoms with Gasteiger partial charge in [0.25, 0.3) is 0 Å². The van der Waals surface area contributed by atoms with E-state index in [0.29, 0.717) is 6.42 Å². The molecule has 0 aliphatic heterocycles. The van der Waals surface area contributed by atoms with Crippen molar-refractivity contribution in [1.29, 1.82) is 0 Å². The maximum absolute atomic E-state index is 9.40. The summed E-state index contributed by atoms with van der Waals surface area (Å²) in [6.45, 7) is 3.98. The van der Waals surface area contributed by atoms with Crippen LogP contribution in [0.2, 0.25) is 0 Å². The molecule has 2 aliphatic carbocycles. The van der Waals surface area contributed by atoms with Crippen LogP contribution in [0.3, 0.4) is 0 Å². The average Bonchev–Trinajstić information content (AvgIpc) is 3.24. The molecule has 1 fully saturated rings. The summed E-state index contributed by atoms with van der Waals surface area (Å²) in [6, 6.07) is 0. The number of aliphatic hydroxyl groups is 1. The Hall–Kier alpha value is -1.08. The molecule has 0 spiro atoms. The van der Waals surface area contributed by atoms with Gasteiger partial charge >= 0.3 is 0 Å². The van der Waals surface area contributed by atoms with Gasteiger partial charge in [0.1, 0.15) is 13.1 Å². The molecule has 2 rings (SSSR count). The summed E-state index contributed by atoms with van der Waals surface area (Å²) in [5.41, 5.74) is 0. The number of aldehydes is 1. The fraction of sp³-hybridized carbons (Fsp3) is 0.733. The van der Waals surface area contributed by atoms with Gasteiger partial charge in [0.15, 0.2) is 0 Å². The van der Waals surface area contributed by atoms with Gasteiger partial charge < -0.3 is 20.8 Å². The van der Waals surface area contributed by atoms with Gasteiger partial charge in [0.05, 0.1) is 0 Å². The molecule has 6 nitrogen and oxygen atoms in total. The molecule has 0 saturated heterocycles. The van der Waals surface area contributed by atoms with Crippen molar-refractivity contribution in [3.05, 3.63) is 12.2 Å². The minimum atomic E-state index is 0. The molecule has 6 N–H and O–H groups in total. The fourth-order valence-electron chi connectivity index (χ4n) is 1.99. The number of rotatable bonds is 2. The van der Waals surface area contributed by atoms with Crippen molar-refractivity contribution in [2.75, 3.05) is 7.11 Å². The highest BCUT2D eigenvalue weighted by atomic mass is 17.0. The normalized spacial score (nSPS) is 21.6. The van der Waals surface area contributed by atoms with Crippen molar-refractivity contribution in [1.82, 2.24) is 6.15 Å². The molecule has 0 radical (unpaired) electrons. The van der Waals surface area contributed by atoms with Gasteiger partial charge in [0.2, 0.25) is 0 Å². The van der Waals surface area contributed by atoms with E-state index in [1.165, 1.54) is 25.7 Å². The summed E-state index contributed by atoms with van der Waals surface area (Å²) in [7, 11) is 1.00. The third kappa shape index (κ3) is 21.4. The van der Waals surface area contributed by atoms with Crippen LogP contribution in [0.5, 0.6) is 0 Å². The second-order valence-corrected chi connectivity index (χ2v) is 4.34. The molecule has 0 heterocycles. The molecule has 1 saturated carbocycles. The predicted molar refractivity (Wildman–Crippen MR) is 85.7 cm³/mol. The topological polar surface area (TPSA) is 130 Å². The van der Waals surface area contributed by atoms with Crippen LogP contribution in [0.15, 0.2) is 12.2 Å². The van der Waals surface area contributed by atoms with Gasteiger partial charge in [0, 0.05) is 13.5 Å². The molecule has 0 amide bonds. The highest BCUT2D eigenvalue weighted by Crippen LogP contribution is 2.46. The van der Waals surface area contributed by atoms with Crippen molar-refractivity contribution in [2.45, 2.75) is 51.9 Å². The second-order valence-electron chi connectivity index (χ2n) is 4.34. The van der Waals surface area contributed by atoms with Gasteiger partial charge in [-0.1, -0.05) is 19.1 Å². The number of fused-ring (bicyclic) bond motifs is 1. The Kier molecular flexibility index (Phi) is 36.6. The lowest BCUT2D eigenvalue weighted by Gasteiger charge is -1.99. The second kappa shape index (κ2) is 27.3. The zero-order valence-electron chi connectivity index (χ0n) is 13.4. The Bertz CT molecular complexity index is 198. The Balaban J connectivity index is -0.000000106. The lowest BCUT2D eigenvalue weighted by molar-refractivity contribution is -0.176. The number of allylic oxidation sites excluding steroid dienone is 2. The zero-order valence-corrected chi connectivity index (χ0v) is 13.4. The first-order valence-corrected chi connectivity index (χ1v) is 6.90. The first kappa shape index (κ1) is 28.1. The molecule has 2 aliphatic rings. The minimum Gasteiger partial charge on any atom is -0.400 e. The molecule has 0 bridgehead atoms. The first-order valence-electron chi connectivity index (χ1n) is 6.90. The lowest BCUT2D eigenvalue weighted by atomic mass is 10.1. The Morgan fingerprint density at radius 3 is 1.71 bits per heavy atom. The molecule has 0 aromatic carbocycles. The van der Waals surface area contributed by atoms with Crippen molar-refractivity contribution < 1.29 is 25.2 Å². The maximum Gasteiger partial charge on any atom is 0.119 e. The van der Waals surface area contributed by atoms with Crippen LogP contribution < -0.4 is 6.15 Å². The molecule has 0 unspecified atom stereocenters. The van der Waals surface area contributed by atoms with Crippen molar-refractivity contribution in [3.8, 4) is 0 Å². The summed E-state index contributed by atoms with van der Waals surface area (Å²) in [4.78, 5) is 17.4. The van der Waals surface area contributed by atoms with Crippen LogP contribution in [-0.2, 0) is 9.59 Å².